The summed E-state index contributed by atoms with van der Waals surface area (Å²) in [6.07, 6.45) is 3.51. The lowest BCUT2D eigenvalue weighted by Gasteiger charge is -2.16. The molecule has 5 nitrogen and oxygen atoms in total. The van der Waals surface area contributed by atoms with Gasteiger partial charge in [0.1, 0.15) is 5.75 Å². The van der Waals surface area contributed by atoms with E-state index in [1.54, 1.807) is 20.5 Å². The van der Waals surface area contributed by atoms with E-state index in [-0.39, 0.29) is 6.04 Å². The first-order valence-electron chi connectivity index (χ1n) is 6.61. The van der Waals surface area contributed by atoms with Crippen LogP contribution in [0.5, 0.6) is 5.75 Å². The van der Waals surface area contributed by atoms with Crippen LogP contribution in [0.25, 0.3) is 0 Å². The number of nitrogens with zero attached hydrogens (tertiary/aromatic N) is 1. The molecule has 2 rings (SSSR count). The molecule has 0 aliphatic heterocycles. The quantitative estimate of drug-likeness (QED) is 0.814. The van der Waals surface area contributed by atoms with Crippen LogP contribution in [0.2, 0.25) is 0 Å². The third-order valence-electron chi connectivity index (χ3n) is 3.26. The Morgan fingerprint density at radius 1 is 1.35 bits per heavy atom. The van der Waals surface area contributed by atoms with E-state index < -0.39 is 0 Å². The number of hydrogen-bond acceptors (Lipinski definition) is 4. The number of methoxy groups -OCH3 is 2. The predicted molar refractivity (Wildman–Crippen MR) is 77.5 cm³/mol. The highest BCUT2D eigenvalue weighted by molar-refractivity contribution is 5.38. The minimum atomic E-state index is 0.236. The number of aromatic amines is 1. The van der Waals surface area contributed by atoms with Gasteiger partial charge in [-0.15, -0.1) is 0 Å². The molecule has 0 saturated carbocycles. The van der Waals surface area contributed by atoms with Crippen LogP contribution in [0.1, 0.15) is 29.8 Å². The van der Waals surface area contributed by atoms with E-state index in [0.717, 1.165) is 23.6 Å². The number of ether oxygens (including phenoxy) is 2. The van der Waals surface area contributed by atoms with E-state index in [9.17, 15) is 0 Å². The van der Waals surface area contributed by atoms with Gasteiger partial charge in [-0.25, -0.2) is 4.98 Å². The van der Waals surface area contributed by atoms with Crippen LogP contribution < -0.4 is 10.1 Å². The highest BCUT2D eigenvalue weighted by Crippen LogP contribution is 2.24. The minimum absolute atomic E-state index is 0.236. The zero-order chi connectivity index (χ0) is 14.4. The molecule has 1 aromatic heterocycles. The second kappa shape index (κ2) is 7.07. The fraction of sp³-hybridized carbons (Fsp3) is 0.400. The molecule has 0 radical (unpaired) electrons. The van der Waals surface area contributed by atoms with E-state index in [2.05, 4.69) is 34.3 Å². The van der Waals surface area contributed by atoms with Gasteiger partial charge in [-0.05, 0) is 24.6 Å². The van der Waals surface area contributed by atoms with Crippen LogP contribution in [0, 0.1) is 0 Å². The zero-order valence-electron chi connectivity index (χ0n) is 12.1. The van der Waals surface area contributed by atoms with Crippen LogP contribution in [0.15, 0.2) is 30.7 Å². The fourth-order valence-electron chi connectivity index (χ4n) is 2.10. The van der Waals surface area contributed by atoms with Crippen molar-refractivity contribution in [2.24, 2.45) is 0 Å². The molecule has 1 unspecified atom stereocenters. The molecular weight excluding hydrogens is 254 g/mol. The van der Waals surface area contributed by atoms with Crippen LogP contribution in [0.4, 0.5) is 0 Å². The number of hydrogen-bond donors (Lipinski definition) is 2. The minimum Gasteiger partial charge on any atom is -0.496 e. The van der Waals surface area contributed by atoms with Gasteiger partial charge in [-0.1, -0.05) is 6.07 Å². The monoisotopic (exact) mass is 275 g/mol. The van der Waals surface area contributed by atoms with E-state index >= 15 is 0 Å². The average Bonchev–Trinajstić information content (AvgIpc) is 2.98. The second-order valence-electron chi connectivity index (χ2n) is 4.68. The summed E-state index contributed by atoms with van der Waals surface area (Å²) in [4.78, 5) is 7.09. The lowest BCUT2D eigenvalue weighted by Crippen LogP contribution is -2.18. The molecule has 0 aliphatic rings. The third-order valence-corrected chi connectivity index (χ3v) is 3.26. The first-order valence-corrected chi connectivity index (χ1v) is 6.61. The van der Waals surface area contributed by atoms with Crippen molar-refractivity contribution in [1.29, 1.82) is 0 Å². The van der Waals surface area contributed by atoms with Crippen molar-refractivity contribution >= 4 is 0 Å². The lowest BCUT2D eigenvalue weighted by molar-refractivity contribution is 0.181. The number of nitrogens with one attached hydrogen (secondary N) is 2. The molecule has 0 spiro atoms. The third kappa shape index (κ3) is 3.59. The Morgan fingerprint density at radius 3 is 2.85 bits per heavy atom. The molecule has 20 heavy (non-hydrogen) atoms. The Hall–Kier alpha value is -1.85. The summed E-state index contributed by atoms with van der Waals surface area (Å²) < 4.78 is 10.5. The first-order chi connectivity index (χ1) is 9.74. The van der Waals surface area contributed by atoms with Crippen LogP contribution >= 0.6 is 0 Å². The number of rotatable bonds is 7. The Labute approximate surface area is 119 Å². The smallest absolute Gasteiger partial charge is 0.124 e. The molecule has 1 aromatic carbocycles. The van der Waals surface area contributed by atoms with Gasteiger partial charge in [0.2, 0.25) is 0 Å². The molecule has 2 N–H and O–H groups in total. The molecule has 0 fully saturated rings. The van der Waals surface area contributed by atoms with Crippen molar-refractivity contribution in [1.82, 2.24) is 15.3 Å². The number of benzene rings is 1. The van der Waals surface area contributed by atoms with Crippen molar-refractivity contribution in [3.8, 4) is 5.75 Å². The maximum Gasteiger partial charge on any atom is 0.124 e. The fourth-order valence-corrected chi connectivity index (χ4v) is 2.10. The lowest BCUT2D eigenvalue weighted by atomic mass is 10.0. The molecule has 2 aromatic rings. The van der Waals surface area contributed by atoms with E-state index in [0.29, 0.717) is 6.61 Å². The summed E-state index contributed by atoms with van der Waals surface area (Å²) in [5.74, 6) is 0.858. The first kappa shape index (κ1) is 14.6. The maximum atomic E-state index is 5.34. The van der Waals surface area contributed by atoms with Crippen molar-refractivity contribution in [3.05, 3.63) is 47.5 Å². The summed E-state index contributed by atoms with van der Waals surface area (Å²) in [6, 6.07) is 6.41. The number of aromatic nitrogens is 2. The summed E-state index contributed by atoms with van der Waals surface area (Å²) in [5.41, 5.74) is 3.34. The highest BCUT2D eigenvalue weighted by Gasteiger charge is 2.09. The van der Waals surface area contributed by atoms with Gasteiger partial charge in [0.15, 0.2) is 0 Å². The van der Waals surface area contributed by atoms with Gasteiger partial charge >= 0.3 is 0 Å². The van der Waals surface area contributed by atoms with Crippen molar-refractivity contribution < 1.29 is 9.47 Å². The molecule has 0 saturated heterocycles. The van der Waals surface area contributed by atoms with Crippen LogP contribution in [-0.4, -0.2) is 24.2 Å². The molecule has 1 atom stereocenters. The Morgan fingerprint density at radius 2 is 2.20 bits per heavy atom. The van der Waals surface area contributed by atoms with Crippen molar-refractivity contribution in [2.75, 3.05) is 14.2 Å². The Bertz CT molecular complexity index is 526. The molecule has 108 valence electrons. The topological polar surface area (TPSA) is 59.2 Å². The standard InChI is InChI=1S/C15H21N3O2/c1-11(17-8-14-7-16-10-18-14)12-4-5-15(20-3)13(6-12)9-19-2/h4-7,10-11,17H,8-9H2,1-3H3,(H,16,18). The average molecular weight is 275 g/mol. The SMILES string of the molecule is COCc1cc(C(C)NCc2cnc[nH]2)ccc1OC. The summed E-state index contributed by atoms with van der Waals surface area (Å²) in [7, 11) is 3.36. The van der Waals surface area contributed by atoms with Crippen LogP contribution in [0.3, 0.4) is 0 Å². The van der Waals surface area contributed by atoms with Gasteiger partial charge in [-0.2, -0.15) is 0 Å². The predicted octanol–water partition coefficient (Wildman–Crippen LogP) is 2.42. The summed E-state index contributed by atoms with van der Waals surface area (Å²) >= 11 is 0. The molecule has 0 amide bonds. The van der Waals surface area contributed by atoms with Crippen molar-refractivity contribution in [3.63, 3.8) is 0 Å². The van der Waals surface area contributed by atoms with E-state index in [4.69, 9.17) is 9.47 Å². The molecule has 0 aliphatic carbocycles. The van der Waals surface area contributed by atoms with E-state index in [1.807, 2.05) is 12.3 Å². The summed E-state index contributed by atoms with van der Waals surface area (Å²) in [5, 5.41) is 3.46. The zero-order valence-corrected chi connectivity index (χ0v) is 12.1. The molecule has 0 bridgehead atoms. The normalized spacial score (nSPS) is 12.3. The number of imidazole rings is 1. The van der Waals surface area contributed by atoms with Crippen LogP contribution in [-0.2, 0) is 17.9 Å². The van der Waals surface area contributed by atoms with Gasteiger partial charge in [-0.3, -0.25) is 0 Å². The molecule has 1 heterocycles. The maximum absolute atomic E-state index is 5.34. The Kier molecular flexibility index (Phi) is 5.15. The van der Waals surface area contributed by atoms with Gasteiger partial charge < -0.3 is 19.8 Å². The van der Waals surface area contributed by atoms with Gasteiger partial charge in [0.25, 0.3) is 0 Å². The van der Waals surface area contributed by atoms with Gasteiger partial charge in [0, 0.05) is 37.2 Å². The van der Waals surface area contributed by atoms with Gasteiger partial charge in [0.05, 0.1) is 20.0 Å². The Balaban J connectivity index is 2.05. The highest BCUT2D eigenvalue weighted by atomic mass is 16.5. The second-order valence-corrected chi connectivity index (χ2v) is 4.68. The largest absolute Gasteiger partial charge is 0.496 e. The summed E-state index contributed by atoms with van der Waals surface area (Å²) in [6.45, 7) is 3.44. The van der Waals surface area contributed by atoms with Crippen molar-refractivity contribution in [2.45, 2.75) is 26.1 Å². The molecular formula is C15H21N3O2. The number of H-pyrrole nitrogens is 1. The molecule has 5 heteroatoms. The van der Waals surface area contributed by atoms with E-state index in [1.165, 1.54) is 5.56 Å².